The molecular formula is C16H11ClN2O2. The molecule has 3 N–H and O–H groups in total. The summed E-state index contributed by atoms with van der Waals surface area (Å²) in [6.45, 7) is 0. The smallest absolute Gasteiger partial charge is 0.340 e. The molecule has 5 heteroatoms. The van der Waals surface area contributed by atoms with Crippen LogP contribution in [0.2, 0.25) is 5.02 Å². The monoisotopic (exact) mass is 298 g/mol. The number of carboxylic acid groups (broad SMARTS) is 1. The molecule has 0 unspecified atom stereocenters. The molecule has 0 aliphatic rings. The van der Waals surface area contributed by atoms with Crippen molar-refractivity contribution in [3.05, 3.63) is 59.1 Å². The third-order valence-electron chi connectivity index (χ3n) is 3.25. The third kappa shape index (κ3) is 2.30. The Kier molecular flexibility index (Phi) is 3.23. The molecule has 0 aliphatic heterocycles. The molecular weight excluding hydrogens is 288 g/mol. The van der Waals surface area contributed by atoms with Gasteiger partial charge in [0.2, 0.25) is 0 Å². The molecule has 0 atom stereocenters. The molecule has 0 fully saturated rings. The van der Waals surface area contributed by atoms with Crippen LogP contribution in [0.3, 0.4) is 0 Å². The molecule has 0 amide bonds. The summed E-state index contributed by atoms with van der Waals surface area (Å²) in [6.07, 6.45) is 0. The predicted molar refractivity (Wildman–Crippen MR) is 83.6 cm³/mol. The fourth-order valence-electron chi connectivity index (χ4n) is 2.38. The van der Waals surface area contributed by atoms with Crippen molar-refractivity contribution in [1.29, 1.82) is 0 Å². The second kappa shape index (κ2) is 5.07. The second-order valence-electron chi connectivity index (χ2n) is 4.58. The first-order valence-electron chi connectivity index (χ1n) is 6.25. The summed E-state index contributed by atoms with van der Waals surface area (Å²) >= 11 is 6.04. The lowest BCUT2D eigenvalue weighted by molar-refractivity contribution is 0.0698. The molecule has 1 aromatic heterocycles. The molecule has 3 aromatic rings. The molecule has 0 saturated heterocycles. The van der Waals surface area contributed by atoms with Crippen LogP contribution in [0.5, 0.6) is 0 Å². The van der Waals surface area contributed by atoms with Crippen LogP contribution < -0.4 is 5.73 Å². The molecule has 1 heterocycles. The first-order chi connectivity index (χ1) is 10.1. The third-order valence-corrected chi connectivity index (χ3v) is 3.49. The number of fused-ring (bicyclic) bond motifs is 1. The molecule has 0 spiro atoms. The summed E-state index contributed by atoms with van der Waals surface area (Å²) < 4.78 is 0. The highest BCUT2D eigenvalue weighted by Crippen LogP contribution is 2.35. The number of nitrogens with zero attached hydrogens (tertiary/aromatic N) is 1. The van der Waals surface area contributed by atoms with Crippen molar-refractivity contribution in [3.8, 4) is 11.1 Å². The van der Waals surface area contributed by atoms with Crippen LogP contribution in [0.1, 0.15) is 10.4 Å². The van der Waals surface area contributed by atoms with Crippen molar-refractivity contribution in [2.45, 2.75) is 0 Å². The number of rotatable bonds is 2. The zero-order valence-corrected chi connectivity index (χ0v) is 11.6. The van der Waals surface area contributed by atoms with Crippen molar-refractivity contribution in [1.82, 2.24) is 4.98 Å². The summed E-state index contributed by atoms with van der Waals surface area (Å²) in [5.74, 6) is -1.11. The van der Waals surface area contributed by atoms with Crippen molar-refractivity contribution in [2.24, 2.45) is 0 Å². The van der Waals surface area contributed by atoms with Crippen LogP contribution in [0.4, 0.5) is 5.82 Å². The van der Waals surface area contributed by atoms with Gasteiger partial charge in [-0.3, -0.25) is 0 Å². The maximum Gasteiger partial charge on any atom is 0.340 e. The van der Waals surface area contributed by atoms with Gasteiger partial charge in [-0.15, -0.1) is 0 Å². The number of hydrogen-bond donors (Lipinski definition) is 2. The fourth-order valence-corrected chi connectivity index (χ4v) is 2.55. The number of carbonyl (C=O) groups is 1. The van der Waals surface area contributed by atoms with Gasteiger partial charge < -0.3 is 10.8 Å². The lowest BCUT2D eigenvalue weighted by atomic mass is 9.95. The number of benzene rings is 2. The van der Waals surface area contributed by atoms with E-state index in [4.69, 9.17) is 17.3 Å². The summed E-state index contributed by atoms with van der Waals surface area (Å²) in [5.41, 5.74) is 7.74. The number of nitrogens with two attached hydrogens (primary N) is 1. The number of anilines is 1. The van der Waals surface area contributed by atoms with E-state index in [1.165, 1.54) is 0 Å². The largest absolute Gasteiger partial charge is 0.478 e. The Morgan fingerprint density at radius 3 is 2.52 bits per heavy atom. The van der Waals surface area contributed by atoms with Gasteiger partial charge in [0.1, 0.15) is 11.4 Å². The van der Waals surface area contributed by atoms with E-state index in [9.17, 15) is 9.90 Å². The number of aromatic nitrogens is 1. The maximum atomic E-state index is 11.6. The van der Waals surface area contributed by atoms with E-state index in [-0.39, 0.29) is 11.4 Å². The number of pyridine rings is 1. The van der Waals surface area contributed by atoms with Gasteiger partial charge in [0.15, 0.2) is 0 Å². The standard InChI is InChI=1S/C16H11ClN2O2/c17-10-6-7-12-11(8-10)13(9-4-2-1-3-5-9)14(16(20)21)15(18)19-12/h1-8H,(H2,18,19)(H,20,21). The van der Waals surface area contributed by atoms with E-state index in [1.54, 1.807) is 18.2 Å². The van der Waals surface area contributed by atoms with Crippen molar-refractivity contribution < 1.29 is 9.90 Å². The normalized spacial score (nSPS) is 10.7. The number of aromatic carboxylic acids is 1. The molecule has 2 aromatic carbocycles. The maximum absolute atomic E-state index is 11.6. The highest BCUT2D eigenvalue weighted by atomic mass is 35.5. The summed E-state index contributed by atoms with van der Waals surface area (Å²) in [5, 5.41) is 10.7. The van der Waals surface area contributed by atoms with E-state index in [0.29, 0.717) is 21.5 Å². The highest BCUT2D eigenvalue weighted by molar-refractivity contribution is 6.31. The minimum absolute atomic E-state index is 0.00354. The van der Waals surface area contributed by atoms with Crippen LogP contribution in [-0.4, -0.2) is 16.1 Å². The molecule has 104 valence electrons. The van der Waals surface area contributed by atoms with Crippen LogP contribution in [0.15, 0.2) is 48.5 Å². The molecule has 3 rings (SSSR count). The van der Waals surface area contributed by atoms with E-state index in [1.807, 2.05) is 30.3 Å². The number of nitrogen functional groups attached to an aromatic ring is 1. The molecule has 0 bridgehead atoms. The van der Waals surface area contributed by atoms with Gasteiger partial charge in [0, 0.05) is 16.0 Å². The minimum atomic E-state index is -1.11. The van der Waals surface area contributed by atoms with Gasteiger partial charge in [-0.25, -0.2) is 9.78 Å². The van der Waals surface area contributed by atoms with E-state index >= 15 is 0 Å². The topological polar surface area (TPSA) is 76.2 Å². The quantitative estimate of drug-likeness (QED) is 0.753. The van der Waals surface area contributed by atoms with E-state index in [2.05, 4.69) is 4.98 Å². The fraction of sp³-hybridized carbons (Fsp3) is 0. The molecule has 0 saturated carbocycles. The Bertz CT molecular complexity index is 848. The Morgan fingerprint density at radius 1 is 1.14 bits per heavy atom. The number of carboxylic acids is 1. The minimum Gasteiger partial charge on any atom is -0.478 e. The Hall–Kier alpha value is -2.59. The van der Waals surface area contributed by atoms with Crippen LogP contribution in [-0.2, 0) is 0 Å². The van der Waals surface area contributed by atoms with E-state index < -0.39 is 5.97 Å². The first kappa shape index (κ1) is 13.4. The average Bonchev–Trinajstić information content (AvgIpc) is 2.47. The zero-order valence-electron chi connectivity index (χ0n) is 10.9. The second-order valence-corrected chi connectivity index (χ2v) is 5.02. The Balaban J connectivity index is 2.50. The van der Waals surface area contributed by atoms with Crippen LogP contribution in [0, 0.1) is 0 Å². The van der Waals surface area contributed by atoms with Gasteiger partial charge in [-0.2, -0.15) is 0 Å². The summed E-state index contributed by atoms with van der Waals surface area (Å²) in [7, 11) is 0. The lowest BCUT2D eigenvalue weighted by Crippen LogP contribution is -2.08. The zero-order chi connectivity index (χ0) is 15.0. The number of hydrogen-bond acceptors (Lipinski definition) is 3. The Labute approximate surface area is 125 Å². The van der Waals surface area contributed by atoms with Gasteiger partial charge in [0.25, 0.3) is 0 Å². The average molecular weight is 299 g/mol. The predicted octanol–water partition coefficient (Wildman–Crippen LogP) is 3.84. The van der Waals surface area contributed by atoms with Crippen molar-refractivity contribution in [2.75, 3.05) is 5.73 Å². The highest BCUT2D eigenvalue weighted by Gasteiger charge is 2.20. The number of halogens is 1. The van der Waals surface area contributed by atoms with Crippen molar-refractivity contribution in [3.63, 3.8) is 0 Å². The summed E-state index contributed by atoms with van der Waals surface area (Å²) in [6, 6.07) is 14.4. The SMILES string of the molecule is Nc1nc2ccc(Cl)cc2c(-c2ccccc2)c1C(=O)O. The molecule has 0 radical (unpaired) electrons. The van der Waals surface area contributed by atoms with Crippen LogP contribution >= 0.6 is 11.6 Å². The molecule has 4 nitrogen and oxygen atoms in total. The molecule has 0 aliphatic carbocycles. The summed E-state index contributed by atoms with van der Waals surface area (Å²) in [4.78, 5) is 15.8. The lowest BCUT2D eigenvalue weighted by Gasteiger charge is -2.13. The van der Waals surface area contributed by atoms with Gasteiger partial charge in [-0.05, 0) is 23.8 Å². The van der Waals surface area contributed by atoms with Gasteiger partial charge in [0.05, 0.1) is 5.52 Å². The van der Waals surface area contributed by atoms with Gasteiger partial charge >= 0.3 is 5.97 Å². The first-order valence-corrected chi connectivity index (χ1v) is 6.63. The molecule has 21 heavy (non-hydrogen) atoms. The Morgan fingerprint density at radius 2 is 1.86 bits per heavy atom. The van der Waals surface area contributed by atoms with Gasteiger partial charge in [-0.1, -0.05) is 41.9 Å². The van der Waals surface area contributed by atoms with Crippen molar-refractivity contribution >= 4 is 34.3 Å². The van der Waals surface area contributed by atoms with Crippen LogP contribution in [0.25, 0.3) is 22.0 Å². The van der Waals surface area contributed by atoms with E-state index in [0.717, 1.165) is 5.56 Å².